The first kappa shape index (κ1) is 18.7. The van der Waals surface area contributed by atoms with E-state index in [4.69, 9.17) is 9.68 Å². The van der Waals surface area contributed by atoms with Crippen molar-refractivity contribution in [2.24, 2.45) is 0 Å². The quantitative estimate of drug-likeness (QED) is 0.627. The third-order valence-electron chi connectivity index (χ3n) is 4.72. The zero-order chi connectivity index (χ0) is 19.2. The van der Waals surface area contributed by atoms with E-state index in [1.54, 1.807) is 4.90 Å². The molecule has 1 atom stereocenters. The molecule has 3 aromatic rings. The van der Waals surface area contributed by atoms with E-state index in [-0.39, 0.29) is 18.5 Å². The van der Waals surface area contributed by atoms with Gasteiger partial charge in [-0.05, 0) is 38.2 Å². The van der Waals surface area contributed by atoms with Gasteiger partial charge >= 0.3 is 0 Å². The number of carbonyl (C=O) groups excluding carboxylic acids is 1. The van der Waals surface area contributed by atoms with Gasteiger partial charge in [-0.1, -0.05) is 36.4 Å². The third-order valence-corrected chi connectivity index (χ3v) is 4.72. The van der Waals surface area contributed by atoms with Crippen molar-refractivity contribution in [1.29, 1.82) is 5.26 Å². The van der Waals surface area contributed by atoms with Gasteiger partial charge in [-0.25, -0.2) is 0 Å². The highest BCUT2D eigenvalue weighted by Crippen LogP contribution is 2.26. The van der Waals surface area contributed by atoms with Gasteiger partial charge in [0, 0.05) is 17.6 Å². The first-order valence-corrected chi connectivity index (χ1v) is 9.01. The number of nitrogens with zero attached hydrogens (tertiary/aromatic N) is 3. The largest absolute Gasteiger partial charge is 0.459 e. The molecule has 0 aliphatic heterocycles. The van der Waals surface area contributed by atoms with Crippen LogP contribution in [-0.4, -0.2) is 30.9 Å². The lowest BCUT2D eigenvalue weighted by molar-refractivity contribution is -0.119. The number of hydrogen-bond acceptors (Lipinski definition) is 4. The fourth-order valence-electron chi connectivity index (χ4n) is 3.03. The van der Waals surface area contributed by atoms with Gasteiger partial charge in [0.15, 0.2) is 0 Å². The molecular weight excluding hydrogens is 338 g/mol. The summed E-state index contributed by atoms with van der Waals surface area (Å²) in [5, 5.41) is 9.98. The van der Waals surface area contributed by atoms with Gasteiger partial charge in [0.1, 0.15) is 11.3 Å². The van der Waals surface area contributed by atoms with Crippen molar-refractivity contribution in [3.05, 3.63) is 66.4 Å². The SMILES string of the molecule is C[C@@H](c1cc2ccccc2o1)N(C)CC(=O)N(CCC#N)c1ccccc1. The highest BCUT2D eigenvalue weighted by Gasteiger charge is 2.22. The highest BCUT2D eigenvalue weighted by molar-refractivity contribution is 5.94. The van der Waals surface area contributed by atoms with E-state index < -0.39 is 0 Å². The van der Waals surface area contributed by atoms with E-state index in [0.717, 1.165) is 22.4 Å². The lowest BCUT2D eigenvalue weighted by atomic mass is 10.2. The number of anilines is 1. The fourth-order valence-corrected chi connectivity index (χ4v) is 3.03. The summed E-state index contributed by atoms with van der Waals surface area (Å²) in [6, 6.07) is 21.4. The number of para-hydroxylation sites is 2. The summed E-state index contributed by atoms with van der Waals surface area (Å²) in [6.07, 6.45) is 0.295. The number of rotatable bonds is 7. The van der Waals surface area contributed by atoms with E-state index in [9.17, 15) is 4.79 Å². The highest BCUT2D eigenvalue weighted by atomic mass is 16.3. The second-order valence-electron chi connectivity index (χ2n) is 6.57. The average Bonchev–Trinajstić information content (AvgIpc) is 3.12. The van der Waals surface area contributed by atoms with Crippen LogP contribution in [0.3, 0.4) is 0 Å². The Balaban J connectivity index is 1.73. The lowest BCUT2D eigenvalue weighted by Crippen LogP contribution is -2.40. The molecule has 3 rings (SSSR count). The maximum atomic E-state index is 12.9. The van der Waals surface area contributed by atoms with E-state index >= 15 is 0 Å². The molecule has 0 N–H and O–H groups in total. The van der Waals surface area contributed by atoms with Gasteiger partial charge in [0.2, 0.25) is 5.91 Å². The van der Waals surface area contributed by atoms with Crippen molar-refractivity contribution in [1.82, 2.24) is 4.90 Å². The van der Waals surface area contributed by atoms with Crippen molar-refractivity contribution in [3.63, 3.8) is 0 Å². The van der Waals surface area contributed by atoms with Crippen molar-refractivity contribution >= 4 is 22.6 Å². The van der Waals surface area contributed by atoms with Gasteiger partial charge in [-0.2, -0.15) is 5.26 Å². The first-order valence-electron chi connectivity index (χ1n) is 9.01. The second-order valence-corrected chi connectivity index (χ2v) is 6.57. The summed E-state index contributed by atoms with van der Waals surface area (Å²) < 4.78 is 5.93. The van der Waals surface area contributed by atoms with E-state index in [2.05, 4.69) is 6.07 Å². The lowest BCUT2D eigenvalue weighted by Gasteiger charge is -2.27. The summed E-state index contributed by atoms with van der Waals surface area (Å²) in [7, 11) is 1.91. The van der Waals surface area contributed by atoms with Gasteiger partial charge in [0.05, 0.1) is 25.1 Å². The molecule has 0 unspecified atom stereocenters. The monoisotopic (exact) mass is 361 g/mol. The molecule has 0 fully saturated rings. The van der Waals surface area contributed by atoms with Crippen LogP contribution in [0.1, 0.15) is 25.1 Å². The summed E-state index contributed by atoms with van der Waals surface area (Å²) in [6.45, 7) is 2.64. The third kappa shape index (κ3) is 4.36. The molecule has 138 valence electrons. The van der Waals surface area contributed by atoms with Crippen molar-refractivity contribution < 1.29 is 9.21 Å². The molecule has 5 nitrogen and oxygen atoms in total. The van der Waals surface area contributed by atoms with Crippen LogP contribution in [0.4, 0.5) is 5.69 Å². The van der Waals surface area contributed by atoms with Crippen LogP contribution >= 0.6 is 0 Å². The number of fused-ring (bicyclic) bond motifs is 1. The fraction of sp³-hybridized carbons (Fsp3) is 0.273. The number of nitriles is 1. The van der Waals surface area contributed by atoms with Crippen LogP contribution in [-0.2, 0) is 4.79 Å². The molecule has 0 aliphatic carbocycles. The van der Waals surface area contributed by atoms with Crippen LogP contribution in [0.15, 0.2) is 65.1 Å². The first-order chi connectivity index (χ1) is 13.1. The minimum Gasteiger partial charge on any atom is -0.459 e. The predicted molar refractivity (Wildman–Crippen MR) is 106 cm³/mol. The van der Waals surface area contributed by atoms with Crippen LogP contribution in [0, 0.1) is 11.3 Å². The van der Waals surface area contributed by atoms with Crippen molar-refractivity contribution in [2.45, 2.75) is 19.4 Å². The smallest absolute Gasteiger partial charge is 0.241 e. The number of amides is 1. The predicted octanol–water partition coefficient (Wildman–Crippen LogP) is 4.37. The minimum absolute atomic E-state index is 0.0399. The molecule has 2 aromatic carbocycles. The molecule has 0 bridgehead atoms. The van der Waals surface area contributed by atoms with E-state index in [1.807, 2.05) is 79.5 Å². The number of likely N-dealkylation sites (N-methyl/N-ethyl adjacent to an activating group) is 1. The molecule has 27 heavy (non-hydrogen) atoms. The second kappa shape index (κ2) is 8.52. The Morgan fingerprint density at radius 3 is 2.56 bits per heavy atom. The summed E-state index contributed by atoms with van der Waals surface area (Å²) in [5.41, 5.74) is 1.65. The number of carbonyl (C=O) groups is 1. The Morgan fingerprint density at radius 2 is 1.85 bits per heavy atom. The molecule has 1 aromatic heterocycles. The Bertz CT molecular complexity index is 910. The minimum atomic E-state index is -0.0464. The van der Waals surface area contributed by atoms with Crippen molar-refractivity contribution in [3.8, 4) is 6.07 Å². The van der Waals surface area contributed by atoms with Gasteiger partial charge in [-0.3, -0.25) is 9.69 Å². The molecule has 1 heterocycles. The molecule has 0 saturated carbocycles. The van der Waals surface area contributed by atoms with E-state index in [1.165, 1.54) is 0 Å². The molecule has 5 heteroatoms. The zero-order valence-electron chi connectivity index (χ0n) is 15.6. The zero-order valence-corrected chi connectivity index (χ0v) is 15.6. The van der Waals surface area contributed by atoms with Crippen LogP contribution in [0.25, 0.3) is 11.0 Å². The normalized spacial score (nSPS) is 12.1. The standard InChI is InChI=1S/C22H23N3O2/c1-17(21-15-18-9-6-7-12-20(18)27-21)24(2)16-22(26)25(14-8-13-23)19-10-4-3-5-11-19/h3-7,9-12,15,17H,8,14,16H2,1-2H3/t17-/m0/s1. The summed E-state index contributed by atoms with van der Waals surface area (Å²) in [5.74, 6) is 0.789. The number of hydrogen-bond donors (Lipinski definition) is 0. The number of furan rings is 1. The van der Waals surface area contributed by atoms with Crippen molar-refractivity contribution in [2.75, 3.05) is 25.0 Å². The van der Waals surface area contributed by atoms with Gasteiger partial charge in [0.25, 0.3) is 0 Å². The Morgan fingerprint density at radius 1 is 1.15 bits per heavy atom. The molecule has 0 aliphatic rings. The van der Waals surface area contributed by atoms with Crippen LogP contribution < -0.4 is 4.90 Å². The molecule has 0 saturated heterocycles. The molecule has 0 spiro atoms. The molecule has 1 amide bonds. The van der Waals surface area contributed by atoms with Crippen LogP contribution in [0.2, 0.25) is 0 Å². The number of benzene rings is 2. The Hall–Kier alpha value is -3.10. The maximum Gasteiger partial charge on any atom is 0.241 e. The van der Waals surface area contributed by atoms with Gasteiger partial charge in [-0.15, -0.1) is 0 Å². The topological polar surface area (TPSA) is 60.5 Å². The summed E-state index contributed by atoms with van der Waals surface area (Å²) >= 11 is 0. The Labute approximate surface area is 159 Å². The Kier molecular flexibility index (Phi) is 5.90. The average molecular weight is 361 g/mol. The summed E-state index contributed by atoms with van der Waals surface area (Å²) in [4.78, 5) is 16.5. The van der Waals surface area contributed by atoms with Crippen LogP contribution in [0.5, 0.6) is 0 Å². The molecule has 0 radical (unpaired) electrons. The molecular formula is C22H23N3O2. The maximum absolute atomic E-state index is 12.9. The van der Waals surface area contributed by atoms with E-state index in [0.29, 0.717) is 13.0 Å². The van der Waals surface area contributed by atoms with Gasteiger partial charge < -0.3 is 9.32 Å².